The molecule has 1 rings (SSSR count). The number of carboxylic acids is 1. The van der Waals surface area contributed by atoms with Crippen LogP contribution >= 0.6 is 0 Å². The monoisotopic (exact) mass is 274 g/mol. The Morgan fingerprint density at radius 2 is 2.21 bits per heavy atom. The van der Waals surface area contributed by atoms with Gasteiger partial charge in [0.25, 0.3) is 6.43 Å². The molecule has 0 radical (unpaired) electrons. The molecule has 104 valence electrons. The zero-order valence-electron chi connectivity index (χ0n) is 9.81. The third-order valence-electron chi connectivity index (χ3n) is 1.98. The molecule has 1 aromatic rings. The number of ether oxygens (including phenoxy) is 1. The molecule has 2 N–H and O–H groups in total. The molecule has 0 aliphatic rings. The van der Waals surface area contributed by atoms with Crippen LogP contribution in [0.4, 0.5) is 14.5 Å². The average molecular weight is 274 g/mol. The van der Waals surface area contributed by atoms with Crippen molar-refractivity contribution in [3.63, 3.8) is 0 Å². The Morgan fingerprint density at radius 1 is 1.47 bits per heavy atom. The highest BCUT2D eigenvalue weighted by Crippen LogP contribution is 2.08. The normalized spacial score (nSPS) is 10.5. The van der Waals surface area contributed by atoms with Gasteiger partial charge in [-0.05, 0) is 12.1 Å². The lowest BCUT2D eigenvalue weighted by atomic mass is 10.3. The van der Waals surface area contributed by atoms with Crippen LogP contribution in [-0.2, 0) is 9.53 Å². The van der Waals surface area contributed by atoms with E-state index in [9.17, 15) is 18.4 Å². The Bertz CT molecular complexity index is 454. The van der Waals surface area contributed by atoms with Gasteiger partial charge in [-0.15, -0.1) is 0 Å². The molecule has 0 atom stereocenters. The number of alkyl halides is 2. The molecule has 0 saturated heterocycles. The Labute approximate surface area is 107 Å². The molecule has 1 aromatic heterocycles. The van der Waals surface area contributed by atoms with Crippen molar-refractivity contribution < 1.29 is 28.2 Å². The fourth-order valence-corrected chi connectivity index (χ4v) is 1.19. The Hall–Kier alpha value is -2.09. The van der Waals surface area contributed by atoms with Gasteiger partial charge in [0.2, 0.25) is 5.91 Å². The van der Waals surface area contributed by atoms with E-state index in [1.165, 1.54) is 18.3 Å². The van der Waals surface area contributed by atoms with Crippen LogP contribution in [0.25, 0.3) is 0 Å². The molecule has 0 spiro atoms. The summed E-state index contributed by atoms with van der Waals surface area (Å²) in [5.41, 5.74) is 0.0676. The number of hydrogen-bond donors (Lipinski definition) is 2. The maximum atomic E-state index is 11.7. The molecular formula is C11H12F2N2O4. The van der Waals surface area contributed by atoms with E-state index in [0.717, 1.165) is 0 Å². The van der Waals surface area contributed by atoms with E-state index in [1.54, 1.807) is 0 Å². The van der Waals surface area contributed by atoms with Gasteiger partial charge in [-0.1, -0.05) is 0 Å². The average Bonchev–Trinajstić information content (AvgIpc) is 2.34. The van der Waals surface area contributed by atoms with E-state index < -0.39 is 24.9 Å². The Morgan fingerprint density at radius 3 is 2.84 bits per heavy atom. The highest BCUT2D eigenvalue weighted by Gasteiger charge is 2.08. The number of rotatable bonds is 7. The molecule has 0 unspecified atom stereocenters. The number of carbonyl (C=O) groups excluding carboxylic acids is 1. The molecule has 0 aromatic carbocycles. The van der Waals surface area contributed by atoms with Crippen LogP contribution in [0.2, 0.25) is 0 Å². The number of halogens is 2. The number of anilines is 1. The number of aromatic carboxylic acids is 1. The number of nitrogens with zero attached hydrogens (tertiary/aromatic N) is 1. The maximum absolute atomic E-state index is 11.7. The van der Waals surface area contributed by atoms with Crippen molar-refractivity contribution in [3.05, 3.63) is 24.0 Å². The minimum Gasteiger partial charge on any atom is -0.477 e. The summed E-state index contributed by atoms with van der Waals surface area (Å²) in [5.74, 6) is -1.67. The van der Waals surface area contributed by atoms with Gasteiger partial charge < -0.3 is 15.2 Å². The standard InChI is InChI=1S/C11H12F2N2O4/c12-9(13)6-19-4-2-10(16)15-7-1-3-14-8(5-7)11(17)18/h1,3,5,9H,2,4,6H2,(H,17,18)(H,14,15,16). The smallest absolute Gasteiger partial charge is 0.354 e. The second-order valence-corrected chi connectivity index (χ2v) is 3.50. The van der Waals surface area contributed by atoms with E-state index in [1.807, 2.05) is 0 Å². The fourth-order valence-electron chi connectivity index (χ4n) is 1.19. The van der Waals surface area contributed by atoms with Gasteiger partial charge in [0.05, 0.1) is 13.0 Å². The van der Waals surface area contributed by atoms with E-state index >= 15 is 0 Å². The number of hydrogen-bond acceptors (Lipinski definition) is 4. The molecule has 0 aliphatic carbocycles. The molecule has 19 heavy (non-hydrogen) atoms. The third-order valence-corrected chi connectivity index (χ3v) is 1.98. The first-order valence-electron chi connectivity index (χ1n) is 5.34. The van der Waals surface area contributed by atoms with Crippen molar-refractivity contribution in [2.45, 2.75) is 12.8 Å². The van der Waals surface area contributed by atoms with Crippen molar-refractivity contribution in [1.82, 2.24) is 4.98 Å². The molecule has 0 bridgehead atoms. The van der Waals surface area contributed by atoms with Crippen molar-refractivity contribution in [1.29, 1.82) is 0 Å². The Balaban J connectivity index is 2.40. The summed E-state index contributed by atoms with van der Waals surface area (Å²) in [6.45, 7) is -0.848. The van der Waals surface area contributed by atoms with E-state index in [-0.39, 0.29) is 24.4 Å². The van der Waals surface area contributed by atoms with Crippen molar-refractivity contribution in [2.75, 3.05) is 18.5 Å². The van der Waals surface area contributed by atoms with Crippen LogP contribution in [0.5, 0.6) is 0 Å². The highest BCUT2D eigenvalue weighted by atomic mass is 19.3. The number of nitrogens with one attached hydrogen (secondary N) is 1. The summed E-state index contributed by atoms with van der Waals surface area (Å²) in [6, 6.07) is 2.62. The Kier molecular flexibility index (Phi) is 5.80. The molecule has 8 heteroatoms. The second-order valence-electron chi connectivity index (χ2n) is 3.50. The molecule has 0 aliphatic heterocycles. The van der Waals surface area contributed by atoms with Gasteiger partial charge in [-0.2, -0.15) is 0 Å². The second kappa shape index (κ2) is 7.37. The quantitative estimate of drug-likeness (QED) is 0.733. The molecule has 0 fully saturated rings. The van der Waals surface area contributed by atoms with Crippen LogP contribution in [0.3, 0.4) is 0 Å². The summed E-state index contributed by atoms with van der Waals surface area (Å²) in [7, 11) is 0. The molecular weight excluding hydrogens is 262 g/mol. The summed E-state index contributed by atoms with van der Waals surface area (Å²) >= 11 is 0. The lowest BCUT2D eigenvalue weighted by Crippen LogP contribution is -2.16. The van der Waals surface area contributed by atoms with Crippen LogP contribution in [0.15, 0.2) is 18.3 Å². The summed E-state index contributed by atoms with van der Waals surface area (Å²) < 4.78 is 28.0. The van der Waals surface area contributed by atoms with Gasteiger partial charge in [-0.3, -0.25) is 4.79 Å². The number of amides is 1. The first-order valence-corrected chi connectivity index (χ1v) is 5.34. The molecule has 0 saturated carbocycles. The highest BCUT2D eigenvalue weighted by molar-refractivity contribution is 5.92. The van der Waals surface area contributed by atoms with E-state index in [0.29, 0.717) is 0 Å². The molecule has 1 heterocycles. The fraction of sp³-hybridized carbons (Fsp3) is 0.364. The van der Waals surface area contributed by atoms with Gasteiger partial charge in [0.1, 0.15) is 12.3 Å². The van der Waals surface area contributed by atoms with Crippen molar-refractivity contribution in [3.8, 4) is 0 Å². The van der Waals surface area contributed by atoms with Gasteiger partial charge in [-0.25, -0.2) is 18.6 Å². The summed E-state index contributed by atoms with van der Waals surface area (Å²) in [4.78, 5) is 25.6. The first kappa shape index (κ1) is 15.0. The van der Waals surface area contributed by atoms with Gasteiger partial charge >= 0.3 is 5.97 Å². The minimum atomic E-state index is -2.57. The van der Waals surface area contributed by atoms with Crippen LogP contribution < -0.4 is 5.32 Å². The topological polar surface area (TPSA) is 88.5 Å². The van der Waals surface area contributed by atoms with E-state index in [4.69, 9.17) is 5.11 Å². The minimum absolute atomic E-state index is 0.0998. The molecule has 1 amide bonds. The zero-order chi connectivity index (χ0) is 14.3. The molecule has 6 nitrogen and oxygen atoms in total. The summed E-state index contributed by atoms with van der Waals surface area (Å²) in [6.07, 6.45) is -1.43. The number of aromatic nitrogens is 1. The van der Waals surface area contributed by atoms with E-state index in [2.05, 4.69) is 15.0 Å². The SMILES string of the molecule is O=C(CCOCC(F)F)Nc1ccnc(C(=O)O)c1. The van der Waals surface area contributed by atoms with Crippen LogP contribution in [-0.4, -0.2) is 41.6 Å². The lowest BCUT2D eigenvalue weighted by Gasteiger charge is -2.06. The van der Waals surface area contributed by atoms with Crippen LogP contribution in [0, 0.1) is 0 Å². The predicted molar refractivity (Wildman–Crippen MR) is 61.3 cm³/mol. The summed E-state index contributed by atoms with van der Waals surface area (Å²) in [5, 5.41) is 11.1. The number of carboxylic acid groups (broad SMARTS) is 1. The third kappa shape index (κ3) is 5.87. The lowest BCUT2D eigenvalue weighted by molar-refractivity contribution is -0.117. The van der Waals surface area contributed by atoms with Crippen LogP contribution in [0.1, 0.15) is 16.9 Å². The number of carbonyl (C=O) groups is 2. The largest absolute Gasteiger partial charge is 0.477 e. The van der Waals surface area contributed by atoms with Gasteiger partial charge in [0.15, 0.2) is 0 Å². The first-order chi connectivity index (χ1) is 8.99. The number of pyridine rings is 1. The van der Waals surface area contributed by atoms with Crippen molar-refractivity contribution in [2.24, 2.45) is 0 Å². The van der Waals surface area contributed by atoms with Crippen molar-refractivity contribution >= 4 is 17.6 Å². The predicted octanol–water partition coefficient (Wildman–Crippen LogP) is 1.39. The van der Waals surface area contributed by atoms with Gasteiger partial charge in [0, 0.05) is 11.9 Å². The zero-order valence-corrected chi connectivity index (χ0v) is 9.81. The maximum Gasteiger partial charge on any atom is 0.354 e.